The zero-order valence-electron chi connectivity index (χ0n) is 14.9. The van der Waals surface area contributed by atoms with E-state index in [1.165, 1.54) is 11.8 Å². The third-order valence-electron chi connectivity index (χ3n) is 4.06. The van der Waals surface area contributed by atoms with Crippen LogP contribution in [0.15, 0.2) is 67.0 Å². The number of carbonyl (C=O) groups is 1. The molecule has 1 aromatic heterocycles. The van der Waals surface area contributed by atoms with Crippen LogP contribution in [0.5, 0.6) is 0 Å². The summed E-state index contributed by atoms with van der Waals surface area (Å²) in [5, 5.41) is 6.77. The van der Waals surface area contributed by atoms with E-state index in [0.29, 0.717) is 23.1 Å². The van der Waals surface area contributed by atoms with Gasteiger partial charge in [0.05, 0.1) is 12.4 Å². The van der Waals surface area contributed by atoms with Gasteiger partial charge >= 0.3 is 0 Å². The molecule has 0 atom stereocenters. The summed E-state index contributed by atoms with van der Waals surface area (Å²) in [7, 11) is 0. The summed E-state index contributed by atoms with van der Waals surface area (Å²) < 4.78 is 0. The second-order valence-electron chi connectivity index (χ2n) is 6.08. The highest BCUT2D eigenvalue weighted by molar-refractivity contribution is 6.30. The maximum atomic E-state index is 12.1. The molecule has 0 unspecified atom stereocenters. The van der Waals surface area contributed by atoms with Crippen molar-refractivity contribution in [3.63, 3.8) is 0 Å². The molecule has 5 nitrogen and oxygen atoms in total. The van der Waals surface area contributed by atoms with Crippen molar-refractivity contribution in [2.24, 2.45) is 0 Å². The van der Waals surface area contributed by atoms with Gasteiger partial charge in [0.1, 0.15) is 11.5 Å². The number of amides is 1. The lowest BCUT2D eigenvalue weighted by Crippen LogP contribution is -2.26. The number of nitrogens with zero attached hydrogens (tertiary/aromatic N) is 2. The number of anilines is 1. The zero-order valence-corrected chi connectivity index (χ0v) is 15.6. The summed E-state index contributed by atoms with van der Waals surface area (Å²) in [5.74, 6) is 0.427. The normalized spacial score (nSPS) is 10.4. The van der Waals surface area contributed by atoms with Gasteiger partial charge in [0.25, 0.3) is 5.91 Å². The van der Waals surface area contributed by atoms with Gasteiger partial charge < -0.3 is 10.6 Å². The first-order valence-electron chi connectivity index (χ1n) is 8.83. The first-order valence-corrected chi connectivity index (χ1v) is 9.21. The van der Waals surface area contributed by atoms with Gasteiger partial charge in [-0.2, -0.15) is 0 Å². The number of nitrogens with one attached hydrogen (secondary N) is 2. The van der Waals surface area contributed by atoms with Crippen LogP contribution in [0.25, 0.3) is 0 Å². The molecule has 27 heavy (non-hydrogen) atoms. The van der Waals surface area contributed by atoms with Crippen molar-refractivity contribution in [1.29, 1.82) is 0 Å². The van der Waals surface area contributed by atoms with Gasteiger partial charge in [-0.15, -0.1) is 0 Å². The van der Waals surface area contributed by atoms with Crippen LogP contribution < -0.4 is 10.6 Å². The fraction of sp³-hybridized carbons (Fsp3) is 0.190. The number of rotatable bonds is 8. The molecule has 0 saturated heterocycles. The van der Waals surface area contributed by atoms with E-state index >= 15 is 0 Å². The van der Waals surface area contributed by atoms with E-state index in [9.17, 15) is 4.79 Å². The van der Waals surface area contributed by atoms with E-state index in [1.807, 2.05) is 42.5 Å². The van der Waals surface area contributed by atoms with Gasteiger partial charge in [-0.25, -0.2) is 9.97 Å². The fourth-order valence-electron chi connectivity index (χ4n) is 2.58. The molecule has 0 fully saturated rings. The van der Waals surface area contributed by atoms with Crippen LogP contribution in [-0.2, 0) is 12.8 Å². The molecular formula is C21H21ClN4O. The summed E-state index contributed by atoms with van der Waals surface area (Å²) in [6.07, 6.45) is 4.70. The molecule has 0 aliphatic rings. The van der Waals surface area contributed by atoms with Crippen LogP contribution in [0.1, 0.15) is 21.6 Å². The molecule has 0 radical (unpaired) electrons. The average Bonchev–Trinajstić information content (AvgIpc) is 2.71. The number of aromatic nitrogens is 2. The number of hydrogen-bond donors (Lipinski definition) is 2. The molecule has 0 spiro atoms. The van der Waals surface area contributed by atoms with Crippen LogP contribution in [0.2, 0.25) is 5.02 Å². The third kappa shape index (κ3) is 6.08. The Bertz CT molecular complexity index is 852. The SMILES string of the molecule is O=C(NCCc1ccc(Cl)cc1)c1cnc(NCCc2ccccc2)cn1. The molecule has 0 bridgehead atoms. The van der Waals surface area contributed by atoms with E-state index < -0.39 is 0 Å². The Morgan fingerprint density at radius 2 is 1.56 bits per heavy atom. The smallest absolute Gasteiger partial charge is 0.271 e. The van der Waals surface area contributed by atoms with E-state index in [-0.39, 0.29) is 5.91 Å². The predicted molar refractivity (Wildman–Crippen MR) is 108 cm³/mol. The summed E-state index contributed by atoms with van der Waals surface area (Å²) in [6, 6.07) is 17.8. The van der Waals surface area contributed by atoms with Gasteiger partial charge in [-0.3, -0.25) is 4.79 Å². The number of benzene rings is 2. The van der Waals surface area contributed by atoms with Crippen molar-refractivity contribution in [3.05, 3.63) is 88.8 Å². The van der Waals surface area contributed by atoms with Crippen molar-refractivity contribution in [1.82, 2.24) is 15.3 Å². The lowest BCUT2D eigenvalue weighted by atomic mass is 10.1. The van der Waals surface area contributed by atoms with Crippen LogP contribution in [0, 0.1) is 0 Å². The van der Waals surface area contributed by atoms with Crippen molar-refractivity contribution < 1.29 is 4.79 Å². The van der Waals surface area contributed by atoms with Crippen LogP contribution in [0.3, 0.4) is 0 Å². The van der Waals surface area contributed by atoms with Crippen LogP contribution >= 0.6 is 11.6 Å². The molecule has 2 aromatic carbocycles. The Hall–Kier alpha value is -2.92. The minimum Gasteiger partial charge on any atom is -0.368 e. The minimum absolute atomic E-state index is 0.229. The largest absolute Gasteiger partial charge is 0.368 e. The second kappa shape index (κ2) is 9.69. The van der Waals surface area contributed by atoms with E-state index in [0.717, 1.165) is 24.9 Å². The third-order valence-corrected chi connectivity index (χ3v) is 4.31. The maximum absolute atomic E-state index is 12.1. The molecule has 0 aliphatic carbocycles. The molecule has 0 saturated carbocycles. The van der Waals surface area contributed by atoms with Crippen molar-refractivity contribution in [3.8, 4) is 0 Å². The van der Waals surface area contributed by atoms with Crippen molar-refractivity contribution in [2.45, 2.75) is 12.8 Å². The van der Waals surface area contributed by atoms with Crippen molar-refractivity contribution >= 4 is 23.3 Å². The highest BCUT2D eigenvalue weighted by Crippen LogP contribution is 2.09. The lowest BCUT2D eigenvalue weighted by Gasteiger charge is -2.07. The van der Waals surface area contributed by atoms with Crippen molar-refractivity contribution in [2.75, 3.05) is 18.4 Å². The highest BCUT2D eigenvalue weighted by atomic mass is 35.5. The molecule has 2 N–H and O–H groups in total. The Balaban J connectivity index is 1.42. The summed E-state index contributed by atoms with van der Waals surface area (Å²) in [6.45, 7) is 1.28. The van der Waals surface area contributed by atoms with Gasteiger partial charge in [0, 0.05) is 18.1 Å². The molecule has 1 amide bonds. The Morgan fingerprint density at radius 3 is 2.26 bits per heavy atom. The molecular weight excluding hydrogens is 360 g/mol. The molecule has 1 heterocycles. The Kier molecular flexibility index (Phi) is 6.77. The van der Waals surface area contributed by atoms with Gasteiger partial charge in [0.2, 0.25) is 0 Å². The van der Waals surface area contributed by atoms with Crippen LogP contribution in [-0.4, -0.2) is 29.0 Å². The molecule has 3 aromatic rings. The van der Waals surface area contributed by atoms with Gasteiger partial charge in [0.15, 0.2) is 0 Å². The Morgan fingerprint density at radius 1 is 0.852 bits per heavy atom. The van der Waals surface area contributed by atoms with E-state index in [1.54, 1.807) is 6.20 Å². The first-order chi connectivity index (χ1) is 13.2. The summed E-state index contributed by atoms with van der Waals surface area (Å²) >= 11 is 5.86. The first kappa shape index (κ1) is 18.9. The topological polar surface area (TPSA) is 66.9 Å². The fourth-order valence-corrected chi connectivity index (χ4v) is 2.70. The number of halogens is 1. The number of carbonyl (C=O) groups excluding carboxylic acids is 1. The molecule has 138 valence electrons. The molecule has 0 aliphatic heterocycles. The second-order valence-corrected chi connectivity index (χ2v) is 6.52. The highest BCUT2D eigenvalue weighted by Gasteiger charge is 2.07. The number of hydrogen-bond acceptors (Lipinski definition) is 4. The zero-order chi connectivity index (χ0) is 18.9. The standard InChI is InChI=1S/C21H21ClN4O/c22-18-8-6-17(7-9-18)11-13-24-21(27)19-14-26-20(15-25-19)23-12-10-16-4-2-1-3-5-16/h1-9,14-15H,10-13H2,(H,23,26)(H,24,27). The lowest BCUT2D eigenvalue weighted by molar-refractivity contribution is 0.0949. The minimum atomic E-state index is -0.229. The van der Waals surface area contributed by atoms with E-state index in [4.69, 9.17) is 11.6 Å². The maximum Gasteiger partial charge on any atom is 0.271 e. The quantitative estimate of drug-likeness (QED) is 0.624. The predicted octanol–water partition coefficient (Wildman–Crippen LogP) is 3.76. The summed E-state index contributed by atoms with van der Waals surface area (Å²) in [4.78, 5) is 20.6. The summed E-state index contributed by atoms with van der Waals surface area (Å²) in [5.41, 5.74) is 2.68. The molecule has 6 heteroatoms. The monoisotopic (exact) mass is 380 g/mol. The average molecular weight is 381 g/mol. The van der Waals surface area contributed by atoms with Crippen LogP contribution in [0.4, 0.5) is 5.82 Å². The Labute approximate surface area is 163 Å². The van der Waals surface area contributed by atoms with Gasteiger partial charge in [-0.05, 0) is 36.1 Å². The van der Waals surface area contributed by atoms with E-state index in [2.05, 4.69) is 32.7 Å². The van der Waals surface area contributed by atoms with Gasteiger partial charge in [-0.1, -0.05) is 54.1 Å². The molecule has 3 rings (SSSR count).